The minimum absolute atomic E-state index is 0. The minimum atomic E-state index is -2.91. The highest BCUT2D eigenvalue weighted by Gasteiger charge is 2.21. The lowest BCUT2D eigenvalue weighted by atomic mass is 10.2. The number of alkyl halides is 2. The largest absolute Gasteiger partial charge is 0.497 e. The summed E-state index contributed by atoms with van der Waals surface area (Å²) in [6, 6.07) is 12.4. The molecule has 1 aliphatic rings. The molecule has 10 heteroatoms. The molecule has 180 valence electrons. The van der Waals surface area contributed by atoms with Gasteiger partial charge in [0.25, 0.3) is 0 Å². The van der Waals surface area contributed by atoms with Crippen LogP contribution in [0.25, 0.3) is 0 Å². The van der Waals surface area contributed by atoms with Crippen LogP contribution >= 0.6 is 24.0 Å². The van der Waals surface area contributed by atoms with Crippen LogP contribution in [0.3, 0.4) is 0 Å². The Morgan fingerprint density at radius 1 is 1.18 bits per heavy atom. The zero-order valence-electron chi connectivity index (χ0n) is 18.6. The number of nitrogens with one attached hydrogen (secondary N) is 2. The van der Waals surface area contributed by atoms with Crippen LogP contribution in [0.1, 0.15) is 30.9 Å². The zero-order chi connectivity index (χ0) is 22.9. The number of hydrogen-bond acceptors (Lipinski definition) is 4. The maximum atomic E-state index is 12.7. The number of guanidine groups is 1. The molecule has 0 aromatic heterocycles. The maximum Gasteiger partial charge on any atom is 0.387 e. The minimum Gasteiger partial charge on any atom is -0.497 e. The molecule has 0 aliphatic carbocycles. The average Bonchev–Trinajstić information content (AvgIpc) is 3.22. The smallest absolute Gasteiger partial charge is 0.387 e. The Morgan fingerprint density at radius 2 is 1.94 bits per heavy atom. The van der Waals surface area contributed by atoms with E-state index in [1.165, 1.54) is 13.2 Å². The Kier molecular flexibility index (Phi) is 10.6. The Bertz CT molecular complexity index is 942. The van der Waals surface area contributed by atoms with Crippen LogP contribution in [-0.4, -0.2) is 38.7 Å². The normalized spacial score (nSPS) is 13.7. The molecule has 2 aromatic rings. The second-order valence-corrected chi connectivity index (χ2v) is 7.22. The van der Waals surface area contributed by atoms with E-state index in [1.807, 2.05) is 31.2 Å². The highest BCUT2D eigenvalue weighted by molar-refractivity contribution is 14.0. The molecule has 0 saturated carbocycles. The number of benzene rings is 2. The molecule has 2 aromatic carbocycles. The van der Waals surface area contributed by atoms with Gasteiger partial charge < -0.3 is 25.0 Å². The standard InChI is InChI=1S/C23H28F2N4O3.HI/c1-3-26-23(28-15-17-13-19(31-2)10-11-20(17)32-22(24)25)27-14-16-6-8-18(9-7-16)29-12-4-5-21(29)30;/h6-11,13,22H,3-5,12,14-15H2,1-2H3,(H2,26,27,28);1H. The maximum absolute atomic E-state index is 12.7. The van der Waals surface area contributed by atoms with E-state index in [-0.39, 0.29) is 42.2 Å². The van der Waals surface area contributed by atoms with E-state index >= 15 is 0 Å². The summed E-state index contributed by atoms with van der Waals surface area (Å²) in [6.45, 7) is 1.06. The summed E-state index contributed by atoms with van der Waals surface area (Å²) < 4.78 is 35.3. The summed E-state index contributed by atoms with van der Waals surface area (Å²) in [5, 5.41) is 6.28. The van der Waals surface area contributed by atoms with Crippen LogP contribution in [0.15, 0.2) is 47.5 Å². The molecule has 0 spiro atoms. The second-order valence-electron chi connectivity index (χ2n) is 7.22. The highest BCUT2D eigenvalue weighted by atomic mass is 127. The number of methoxy groups -OCH3 is 1. The van der Waals surface area contributed by atoms with E-state index in [0.29, 0.717) is 36.8 Å². The van der Waals surface area contributed by atoms with Gasteiger partial charge in [0.1, 0.15) is 11.5 Å². The Hall–Kier alpha value is -2.63. The van der Waals surface area contributed by atoms with Crippen molar-refractivity contribution >= 4 is 41.5 Å². The first-order valence-corrected chi connectivity index (χ1v) is 10.5. The molecule has 1 saturated heterocycles. The van der Waals surface area contributed by atoms with Gasteiger partial charge in [0.05, 0.1) is 13.7 Å². The van der Waals surface area contributed by atoms with Gasteiger partial charge in [-0.15, -0.1) is 24.0 Å². The van der Waals surface area contributed by atoms with E-state index < -0.39 is 6.61 Å². The third-order valence-corrected chi connectivity index (χ3v) is 5.02. The monoisotopic (exact) mass is 574 g/mol. The predicted molar refractivity (Wildman–Crippen MR) is 135 cm³/mol. The molecule has 0 atom stereocenters. The van der Waals surface area contributed by atoms with Crippen molar-refractivity contribution in [3.05, 3.63) is 53.6 Å². The number of hydrogen-bond donors (Lipinski definition) is 2. The van der Waals surface area contributed by atoms with E-state index in [2.05, 4.69) is 20.4 Å². The Morgan fingerprint density at radius 3 is 2.55 bits per heavy atom. The molecule has 1 aliphatic heterocycles. The molecule has 2 N–H and O–H groups in total. The van der Waals surface area contributed by atoms with Crippen molar-refractivity contribution in [3.8, 4) is 11.5 Å². The molecule has 0 unspecified atom stereocenters. The summed E-state index contributed by atoms with van der Waals surface area (Å²) in [5.74, 6) is 1.32. The number of nitrogens with zero attached hydrogens (tertiary/aromatic N) is 2. The van der Waals surface area contributed by atoms with Crippen molar-refractivity contribution < 1.29 is 23.0 Å². The van der Waals surface area contributed by atoms with Gasteiger partial charge in [0.2, 0.25) is 5.91 Å². The predicted octanol–water partition coefficient (Wildman–Crippen LogP) is 4.30. The number of rotatable bonds is 9. The van der Waals surface area contributed by atoms with E-state index in [0.717, 1.165) is 24.2 Å². The van der Waals surface area contributed by atoms with Crippen LogP contribution in [0.5, 0.6) is 11.5 Å². The molecule has 33 heavy (non-hydrogen) atoms. The van der Waals surface area contributed by atoms with Crippen LogP contribution < -0.4 is 25.0 Å². The van der Waals surface area contributed by atoms with Crippen molar-refractivity contribution in [1.29, 1.82) is 0 Å². The number of carbonyl (C=O) groups is 1. The van der Waals surface area contributed by atoms with E-state index in [4.69, 9.17) is 4.74 Å². The highest BCUT2D eigenvalue weighted by Crippen LogP contribution is 2.26. The first-order chi connectivity index (χ1) is 15.5. The topological polar surface area (TPSA) is 75.2 Å². The summed E-state index contributed by atoms with van der Waals surface area (Å²) in [7, 11) is 1.51. The number of amides is 1. The lowest BCUT2D eigenvalue weighted by Gasteiger charge is -2.16. The molecule has 7 nitrogen and oxygen atoms in total. The summed E-state index contributed by atoms with van der Waals surface area (Å²) in [4.78, 5) is 18.3. The fourth-order valence-electron chi connectivity index (χ4n) is 3.43. The van der Waals surface area contributed by atoms with Gasteiger partial charge in [-0.3, -0.25) is 4.79 Å². The lowest BCUT2D eigenvalue weighted by Crippen LogP contribution is -2.36. The van der Waals surface area contributed by atoms with Gasteiger partial charge in [-0.2, -0.15) is 8.78 Å². The summed E-state index contributed by atoms with van der Waals surface area (Å²) in [5.41, 5.74) is 2.41. The van der Waals surface area contributed by atoms with Gasteiger partial charge in [0.15, 0.2) is 5.96 Å². The molecular formula is C23H29F2IN4O3. The number of ether oxygens (including phenoxy) is 2. The quantitative estimate of drug-likeness (QED) is 0.266. The Balaban J connectivity index is 0.00000385. The summed E-state index contributed by atoms with van der Waals surface area (Å²) >= 11 is 0. The molecule has 0 radical (unpaired) electrons. The summed E-state index contributed by atoms with van der Waals surface area (Å²) in [6.07, 6.45) is 1.49. The first kappa shape index (κ1) is 26.6. The van der Waals surface area contributed by atoms with Crippen LogP contribution in [0.4, 0.5) is 14.5 Å². The molecule has 1 amide bonds. The van der Waals surface area contributed by atoms with Gasteiger partial charge in [-0.05, 0) is 49.2 Å². The third-order valence-electron chi connectivity index (χ3n) is 5.02. The second kappa shape index (κ2) is 13.2. The molecule has 1 fully saturated rings. The Labute approximate surface area is 209 Å². The van der Waals surface area contributed by atoms with Crippen molar-refractivity contribution in [3.63, 3.8) is 0 Å². The average molecular weight is 574 g/mol. The molecule has 3 rings (SSSR count). The van der Waals surface area contributed by atoms with Crippen molar-refractivity contribution in [2.75, 3.05) is 25.1 Å². The molecule has 0 bridgehead atoms. The van der Waals surface area contributed by atoms with Crippen LogP contribution in [0.2, 0.25) is 0 Å². The first-order valence-electron chi connectivity index (χ1n) is 10.5. The number of anilines is 1. The van der Waals surface area contributed by atoms with E-state index in [9.17, 15) is 13.6 Å². The zero-order valence-corrected chi connectivity index (χ0v) is 21.0. The molecule has 1 heterocycles. The van der Waals surface area contributed by atoms with Gasteiger partial charge >= 0.3 is 6.61 Å². The van der Waals surface area contributed by atoms with Gasteiger partial charge in [-0.25, -0.2) is 4.99 Å². The van der Waals surface area contributed by atoms with Gasteiger partial charge in [-0.1, -0.05) is 12.1 Å². The number of halogens is 3. The fourth-order valence-corrected chi connectivity index (χ4v) is 3.43. The van der Waals surface area contributed by atoms with Crippen LogP contribution in [-0.2, 0) is 17.9 Å². The number of carbonyl (C=O) groups excluding carboxylic acids is 1. The van der Waals surface area contributed by atoms with Crippen molar-refractivity contribution in [1.82, 2.24) is 10.6 Å². The fraction of sp³-hybridized carbons (Fsp3) is 0.391. The van der Waals surface area contributed by atoms with Crippen molar-refractivity contribution in [2.24, 2.45) is 4.99 Å². The van der Waals surface area contributed by atoms with Crippen molar-refractivity contribution in [2.45, 2.75) is 39.5 Å². The lowest BCUT2D eigenvalue weighted by molar-refractivity contribution is -0.117. The SMILES string of the molecule is CCNC(=NCc1ccc(N2CCCC2=O)cc1)NCc1cc(OC)ccc1OC(F)F.I. The van der Waals surface area contributed by atoms with E-state index in [1.54, 1.807) is 17.0 Å². The third kappa shape index (κ3) is 7.72. The van der Waals surface area contributed by atoms with Crippen LogP contribution in [0, 0.1) is 0 Å². The number of aliphatic imine (C=N–C) groups is 1. The molecular weight excluding hydrogens is 545 g/mol. The van der Waals surface area contributed by atoms with Gasteiger partial charge in [0, 0.05) is 37.3 Å².